The minimum atomic E-state index is -0.686. The largest absolute Gasteiger partial charge is 0.457 e. The molecule has 10 heteroatoms. The zero-order valence-electron chi connectivity index (χ0n) is 18.8. The van der Waals surface area contributed by atoms with E-state index in [2.05, 4.69) is 20.9 Å². The fourth-order valence-corrected chi connectivity index (χ4v) is 3.77. The van der Waals surface area contributed by atoms with Crippen molar-refractivity contribution in [2.75, 3.05) is 23.7 Å². The number of halogens is 1. The highest BCUT2D eigenvalue weighted by molar-refractivity contribution is 6.33. The quantitative estimate of drug-likeness (QED) is 0.445. The van der Waals surface area contributed by atoms with Crippen LogP contribution in [0.15, 0.2) is 66.9 Å². The summed E-state index contributed by atoms with van der Waals surface area (Å²) in [6, 6.07) is 16.2. The highest BCUT2D eigenvalue weighted by atomic mass is 35.5. The molecule has 5 amide bonds. The molecule has 0 unspecified atom stereocenters. The van der Waals surface area contributed by atoms with Crippen LogP contribution in [0.25, 0.3) is 0 Å². The summed E-state index contributed by atoms with van der Waals surface area (Å²) in [5.74, 6) is 0.817. The summed E-state index contributed by atoms with van der Waals surface area (Å²) in [5.41, 5.74) is 1.12. The lowest BCUT2D eigenvalue weighted by molar-refractivity contribution is -0.119. The number of hydrogen-bond acceptors (Lipinski definition) is 5. The molecule has 1 aromatic heterocycles. The van der Waals surface area contributed by atoms with Crippen LogP contribution in [0.3, 0.4) is 0 Å². The van der Waals surface area contributed by atoms with Crippen LogP contribution in [0.1, 0.15) is 18.4 Å². The van der Waals surface area contributed by atoms with E-state index in [4.69, 9.17) is 16.3 Å². The van der Waals surface area contributed by atoms with Gasteiger partial charge in [-0.15, -0.1) is 0 Å². The van der Waals surface area contributed by atoms with Gasteiger partial charge in [0.1, 0.15) is 17.3 Å². The molecule has 9 nitrogen and oxygen atoms in total. The average Bonchev–Trinajstić information content (AvgIpc) is 3.37. The second kappa shape index (κ2) is 11.3. The van der Waals surface area contributed by atoms with Crippen molar-refractivity contribution in [2.45, 2.75) is 19.3 Å². The van der Waals surface area contributed by atoms with Gasteiger partial charge in [-0.05, 0) is 36.6 Å². The van der Waals surface area contributed by atoms with E-state index < -0.39 is 11.9 Å². The summed E-state index contributed by atoms with van der Waals surface area (Å²) in [5, 5.41) is 7.83. The molecule has 0 spiro atoms. The maximum absolute atomic E-state index is 12.3. The van der Waals surface area contributed by atoms with E-state index in [1.54, 1.807) is 41.3 Å². The highest BCUT2D eigenvalue weighted by Crippen LogP contribution is 2.30. The number of carbonyl (C=O) groups is 3. The van der Waals surface area contributed by atoms with Gasteiger partial charge in [0, 0.05) is 31.4 Å². The second-order valence-electron chi connectivity index (χ2n) is 7.91. The van der Waals surface area contributed by atoms with Crippen molar-refractivity contribution in [3.63, 3.8) is 0 Å². The first-order chi connectivity index (χ1) is 17.0. The first-order valence-electron chi connectivity index (χ1n) is 11.1. The van der Waals surface area contributed by atoms with E-state index in [0.29, 0.717) is 23.0 Å². The van der Waals surface area contributed by atoms with Crippen LogP contribution in [0.5, 0.6) is 11.5 Å². The summed E-state index contributed by atoms with van der Waals surface area (Å²) < 4.78 is 5.83. The zero-order chi connectivity index (χ0) is 24.6. The molecule has 0 aliphatic carbocycles. The minimum absolute atomic E-state index is 0.0845. The lowest BCUT2D eigenvalue weighted by Crippen LogP contribution is -2.35. The van der Waals surface area contributed by atoms with Crippen molar-refractivity contribution in [3.8, 4) is 11.5 Å². The lowest BCUT2D eigenvalue weighted by Gasteiger charge is -2.16. The normalized spacial score (nSPS) is 12.7. The number of benzene rings is 2. The van der Waals surface area contributed by atoms with Gasteiger partial charge in [0.25, 0.3) is 0 Å². The molecule has 2 heterocycles. The Balaban J connectivity index is 1.32. The Labute approximate surface area is 207 Å². The van der Waals surface area contributed by atoms with Crippen LogP contribution in [-0.2, 0) is 11.2 Å². The molecule has 1 aliphatic heterocycles. The Bertz CT molecular complexity index is 1220. The third-order valence-corrected chi connectivity index (χ3v) is 5.56. The van der Waals surface area contributed by atoms with E-state index in [1.807, 2.05) is 18.2 Å². The molecule has 0 bridgehead atoms. The number of rotatable bonds is 6. The number of nitrogens with one attached hydrogen (secondary N) is 3. The van der Waals surface area contributed by atoms with E-state index >= 15 is 0 Å². The molecule has 1 fully saturated rings. The number of imide groups is 1. The van der Waals surface area contributed by atoms with E-state index in [-0.39, 0.29) is 17.5 Å². The number of urea groups is 2. The third-order valence-electron chi connectivity index (χ3n) is 5.24. The SMILES string of the molecule is O=C(Cc1ccccc1)NC(=O)Nc1ccc(Oc2ccnc(NC(=O)N3CCCC3)c2)cc1Cl. The Hall–Kier alpha value is -4.11. The molecule has 3 aromatic rings. The predicted molar refractivity (Wildman–Crippen MR) is 133 cm³/mol. The monoisotopic (exact) mass is 493 g/mol. The fourth-order valence-electron chi connectivity index (χ4n) is 3.55. The number of pyridine rings is 1. The maximum atomic E-state index is 12.3. The first-order valence-corrected chi connectivity index (χ1v) is 11.5. The van der Waals surface area contributed by atoms with Gasteiger partial charge in [0.2, 0.25) is 5.91 Å². The molecular weight excluding hydrogens is 470 g/mol. The minimum Gasteiger partial charge on any atom is -0.457 e. The van der Waals surface area contributed by atoms with Gasteiger partial charge >= 0.3 is 12.1 Å². The molecule has 1 aliphatic rings. The van der Waals surface area contributed by atoms with Gasteiger partial charge in [-0.3, -0.25) is 15.4 Å². The Kier molecular flexibility index (Phi) is 7.79. The van der Waals surface area contributed by atoms with Crippen LogP contribution in [0, 0.1) is 0 Å². The van der Waals surface area contributed by atoms with Crippen molar-refractivity contribution in [1.29, 1.82) is 0 Å². The van der Waals surface area contributed by atoms with Crippen molar-refractivity contribution >= 4 is 41.1 Å². The van der Waals surface area contributed by atoms with Crippen LogP contribution in [0.2, 0.25) is 5.02 Å². The van der Waals surface area contributed by atoms with Crippen molar-refractivity contribution < 1.29 is 19.1 Å². The molecule has 0 radical (unpaired) electrons. The van der Waals surface area contributed by atoms with Gasteiger partial charge in [-0.2, -0.15) is 0 Å². The summed E-state index contributed by atoms with van der Waals surface area (Å²) >= 11 is 6.30. The molecule has 1 saturated heterocycles. The van der Waals surface area contributed by atoms with Crippen molar-refractivity contribution in [1.82, 2.24) is 15.2 Å². The Morgan fingerprint density at radius 2 is 1.69 bits per heavy atom. The van der Waals surface area contributed by atoms with Crippen LogP contribution < -0.4 is 20.7 Å². The summed E-state index contributed by atoms with van der Waals surface area (Å²) in [4.78, 5) is 42.4. The van der Waals surface area contributed by atoms with E-state index in [1.165, 1.54) is 12.3 Å². The Morgan fingerprint density at radius 1 is 0.943 bits per heavy atom. The van der Waals surface area contributed by atoms with Gasteiger partial charge in [0.15, 0.2) is 0 Å². The van der Waals surface area contributed by atoms with Gasteiger partial charge in [0.05, 0.1) is 17.1 Å². The second-order valence-corrected chi connectivity index (χ2v) is 8.32. The first kappa shape index (κ1) is 24.0. The average molecular weight is 494 g/mol. The van der Waals surface area contributed by atoms with Crippen molar-refractivity contribution in [3.05, 3.63) is 77.4 Å². The van der Waals surface area contributed by atoms with Crippen molar-refractivity contribution in [2.24, 2.45) is 0 Å². The number of amides is 5. The number of carbonyl (C=O) groups excluding carboxylic acids is 3. The van der Waals surface area contributed by atoms with Gasteiger partial charge in [-0.25, -0.2) is 14.6 Å². The van der Waals surface area contributed by atoms with Crippen LogP contribution >= 0.6 is 11.6 Å². The molecule has 4 rings (SSSR count). The highest BCUT2D eigenvalue weighted by Gasteiger charge is 2.18. The zero-order valence-corrected chi connectivity index (χ0v) is 19.5. The van der Waals surface area contributed by atoms with Gasteiger partial charge in [-0.1, -0.05) is 41.9 Å². The number of hydrogen-bond donors (Lipinski definition) is 3. The molecule has 3 N–H and O–H groups in total. The van der Waals surface area contributed by atoms with Crippen LogP contribution in [0.4, 0.5) is 21.1 Å². The molecule has 0 atom stereocenters. The number of nitrogens with zero attached hydrogens (tertiary/aromatic N) is 2. The molecule has 180 valence electrons. The number of likely N-dealkylation sites (tertiary alicyclic amines) is 1. The summed E-state index contributed by atoms with van der Waals surface area (Å²) in [6.07, 6.45) is 3.62. The lowest BCUT2D eigenvalue weighted by atomic mass is 10.1. The predicted octanol–water partition coefficient (Wildman–Crippen LogP) is 5.05. The van der Waals surface area contributed by atoms with E-state index in [0.717, 1.165) is 31.5 Å². The smallest absolute Gasteiger partial charge is 0.325 e. The van der Waals surface area contributed by atoms with Crippen LogP contribution in [-0.4, -0.2) is 40.9 Å². The molecule has 0 saturated carbocycles. The topological polar surface area (TPSA) is 113 Å². The number of ether oxygens (including phenoxy) is 1. The Morgan fingerprint density at radius 3 is 2.43 bits per heavy atom. The summed E-state index contributed by atoms with van der Waals surface area (Å²) in [6.45, 7) is 1.47. The molecule has 2 aromatic carbocycles. The standard InChI is InChI=1S/C25H24ClN5O4/c26-20-15-18(35-19-10-11-27-22(16-19)29-25(34)31-12-4-5-13-31)8-9-21(20)28-24(33)30-23(32)14-17-6-2-1-3-7-17/h1-3,6-11,15-16H,4-5,12-14H2,(H,27,29,34)(H2,28,30,32,33). The number of aromatic nitrogens is 1. The summed E-state index contributed by atoms with van der Waals surface area (Å²) in [7, 11) is 0. The van der Waals surface area contributed by atoms with Gasteiger partial charge < -0.3 is 15.0 Å². The number of anilines is 2. The van der Waals surface area contributed by atoms with E-state index in [9.17, 15) is 14.4 Å². The molecular formula is C25H24ClN5O4. The fraction of sp³-hybridized carbons (Fsp3) is 0.200. The third kappa shape index (κ3) is 6.94. The molecule has 35 heavy (non-hydrogen) atoms. The maximum Gasteiger partial charge on any atom is 0.325 e.